The van der Waals surface area contributed by atoms with E-state index in [1.165, 1.54) is 0 Å². The van der Waals surface area contributed by atoms with Gasteiger partial charge in [0.05, 0.1) is 0 Å². The highest BCUT2D eigenvalue weighted by molar-refractivity contribution is 6.51. The van der Waals surface area contributed by atoms with Crippen LogP contribution in [0.5, 0.6) is 0 Å². The van der Waals surface area contributed by atoms with Crippen LogP contribution in [0.15, 0.2) is 24.3 Å². The molecule has 6 heteroatoms. The molecule has 0 heterocycles. The minimum Gasteiger partial charge on any atom is -0.520 e. The quantitative estimate of drug-likeness (QED) is 0.665. The molecule has 0 fully saturated rings. The molecule has 1 aromatic rings. The van der Waals surface area contributed by atoms with Gasteiger partial charge in [0, 0.05) is 11.8 Å². The molecule has 0 spiro atoms. The van der Waals surface area contributed by atoms with Crippen LogP contribution in [0.2, 0.25) is 0 Å². The van der Waals surface area contributed by atoms with E-state index in [9.17, 15) is 9.59 Å². The van der Waals surface area contributed by atoms with E-state index < -0.39 is 19.5 Å². The molecule has 1 aromatic carbocycles. The minimum atomic E-state index is -1.00. The van der Waals surface area contributed by atoms with E-state index in [0.717, 1.165) is 10.4 Å². The van der Waals surface area contributed by atoms with Gasteiger partial charge in [-0.15, -0.1) is 0 Å². The molecule has 110 valence electrons. The second-order valence-electron chi connectivity index (χ2n) is 5.34. The van der Waals surface area contributed by atoms with Crippen LogP contribution in [0.3, 0.4) is 0 Å². The van der Waals surface area contributed by atoms with Crippen LogP contribution >= 0.6 is 0 Å². The monoisotopic (exact) mass is 310 g/mol. The highest BCUT2D eigenvalue weighted by Gasteiger charge is 2.10. The van der Waals surface area contributed by atoms with Crippen molar-refractivity contribution in [2.24, 2.45) is 11.8 Å². The summed E-state index contributed by atoms with van der Waals surface area (Å²) in [5.74, 6) is -0.434. The molecule has 1 rings (SSSR count). The summed E-state index contributed by atoms with van der Waals surface area (Å²) in [5, 5.41) is 2.15. The summed E-state index contributed by atoms with van der Waals surface area (Å²) in [6.45, 7) is 7.31. The van der Waals surface area contributed by atoms with E-state index in [1.807, 2.05) is 52.0 Å². The van der Waals surface area contributed by atoms with Gasteiger partial charge in [-0.05, 0) is 10.4 Å². The van der Waals surface area contributed by atoms with Crippen LogP contribution < -0.4 is 10.4 Å². The molecule has 0 aliphatic carbocycles. The zero-order valence-corrected chi connectivity index (χ0v) is 15.3. The fourth-order valence-corrected chi connectivity index (χ4v) is 3.51. The molecule has 0 radical (unpaired) electrons. The first kappa shape index (κ1) is 16.6. The Labute approximate surface area is 124 Å². The first-order valence-electron chi connectivity index (χ1n) is 6.81. The Hall–Kier alpha value is -1.41. The normalized spacial score (nSPS) is 11.9. The van der Waals surface area contributed by atoms with Gasteiger partial charge in [-0.2, -0.15) is 0 Å². The first-order valence-corrected chi connectivity index (χ1v) is 9.38. The van der Waals surface area contributed by atoms with E-state index in [-0.39, 0.29) is 23.8 Å². The van der Waals surface area contributed by atoms with Crippen molar-refractivity contribution in [1.29, 1.82) is 0 Å². The maximum absolute atomic E-state index is 11.4. The standard InChI is InChI=1S/C14H22O4Si2/c1-9(2)13(15)17-19-11-5-7-12(8-6-11)20-18-14(16)10(3)4/h5-10H,19-20H2,1-4H3. The number of hydrogen-bond donors (Lipinski definition) is 0. The van der Waals surface area contributed by atoms with Crippen molar-refractivity contribution in [1.82, 2.24) is 0 Å². The van der Waals surface area contributed by atoms with Crippen LogP contribution in [0.4, 0.5) is 0 Å². The van der Waals surface area contributed by atoms with E-state index in [2.05, 4.69) is 0 Å². The van der Waals surface area contributed by atoms with Gasteiger partial charge in [0.15, 0.2) is 0 Å². The maximum Gasteiger partial charge on any atom is 0.294 e. The zero-order valence-electron chi connectivity index (χ0n) is 12.5. The fourth-order valence-electron chi connectivity index (χ4n) is 1.37. The summed E-state index contributed by atoms with van der Waals surface area (Å²) < 4.78 is 10.6. The molecule has 0 aliphatic rings. The minimum absolute atomic E-state index is 0.0790. The number of hydrogen-bond acceptors (Lipinski definition) is 4. The van der Waals surface area contributed by atoms with Crippen molar-refractivity contribution in [2.45, 2.75) is 27.7 Å². The number of carbonyl (C=O) groups is 2. The summed E-state index contributed by atoms with van der Waals surface area (Å²) >= 11 is 0. The molecule has 0 N–H and O–H groups in total. The Kier molecular flexibility index (Phi) is 6.67. The molecule has 0 aromatic heterocycles. The van der Waals surface area contributed by atoms with E-state index >= 15 is 0 Å². The van der Waals surface area contributed by atoms with Crippen LogP contribution in [-0.2, 0) is 18.4 Å². The number of carbonyl (C=O) groups excluding carboxylic acids is 2. The van der Waals surface area contributed by atoms with Gasteiger partial charge in [-0.1, -0.05) is 52.0 Å². The maximum atomic E-state index is 11.4. The molecule has 0 saturated carbocycles. The molecule has 0 bridgehead atoms. The van der Waals surface area contributed by atoms with Crippen LogP contribution in [0.1, 0.15) is 27.7 Å². The third kappa shape index (κ3) is 5.71. The summed E-state index contributed by atoms with van der Waals surface area (Å²) in [6, 6.07) is 7.85. The smallest absolute Gasteiger partial charge is 0.294 e. The van der Waals surface area contributed by atoms with Gasteiger partial charge < -0.3 is 8.85 Å². The largest absolute Gasteiger partial charge is 0.520 e. The lowest BCUT2D eigenvalue weighted by atomic mass is 10.2. The van der Waals surface area contributed by atoms with Crippen molar-refractivity contribution in [2.75, 3.05) is 0 Å². The van der Waals surface area contributed by atoms with Crippen LogP contribution in [0, 0.1) is 11.8 Å². The Morgan fingerprint density at radius 2 is 1.10 bits per heavy atom. The summed E-state index contributed by atoms with van der Waals surface area (Å²) in [4.78, 5) is 22.8. The predicted molar refractivity (Wildman–Crippen MR) is 84.7 cm³/mol. The van der Waals surface area contributed by atoms with E-state index in [0.29, 0.717) is 0 Å². The molecule has 0 unspecified atom stereocenters. The van der Waals surface area contributed by atoms with E-state index in [1.54, 1.807) is 0 Å². The first-order chi connectivity index (χ1) is 9.40. The SMILES string of the molecule is CC(C)C(=O)O[SiH2]c1ccc([SiH2]OC(=O)C(C)C)cc1. The summed E-state index contributed by atoms with van der Waals surface area (Å²) in [5.41, 5.74) is 0. The van der Waals surface area contributed by atoms with Crippen molar-refractivity contribution in [3.05, 3.63) is 24.3 Å². The third-order valence-corrected chi connectivity index (χ3v) is 5.20. The topological polar surface area (TPSA) is 52.6 Å². The highest BCUT2D eigenvalue weighted by Crippen LogP contribution is 1.95. The molecular weight excluding hydrogens is 288 g/mol. The summed E-state index contributed by atoms with van der Waals surface area (Å²) in [7, 11) is -2.00. The van der Waals surface area contributed by atoms with Gasteiger partial charge >= 0.3 is 0 Å². The Morgan fingerprint density at radius 3 is 1.35 bits per heavy atom. The second kappa shape index (κ2) is 8.01. The average molecular weight is 310 g/mol. The zero-order chi connectivity index (χ0) is 15.1. The molecule has 0 aliphatic heterocycles. The Bertz CT molecular complexity index is 412. The van der Waals surface area contributed by atoms with Crippen molar-refractivity contribution < 1.29 is 18.4 Å². The van der Waals surface area contributed by atoms with Crippen LogP contribution in [-0.4, -0.2) is 31.5 Å². The van der Waals surface area contributed by atoms with Crippen molar-refractivity contribution in [3.63, 3.8) is 0 Å². The Balaban J connectivity index is 2.44. The molecule has 0 atom stereocenters. The molecule has 0 saturated heterocycles. The van der Waals surface area contributed by atoms with Gasteiger partial charge in [-0.25, -0.2) is 0 Å². The third-order valence-electron chi connectivity index (χ3n) is 2.73. The Morgan fingerprint density at radius 1 is 0.800 bits per heavy atom. The van der Waals surface area contributed by atoms with Crippen molar-refractivity contribution >= 4 is 41.8 Å². The molecule has 20 heavy (non-hydrogen) atoms. The van der Waals surface area contributed by atoms with Crippen LogP contribution in [0.25, 0.3) is 0 Å². The summed E-state index contributed by atoms with van der Waals surface area (Å²) in [6.07, 6.45) is 0. The molecular formula is C14H22O4Si2. The highest BCUT2D eigenvalue weighted by atomic mass is 28.2. The molecule has 0 amide bonds. The second-order valence-corrected chi connectivity index (χ2v) is 8.13. The van der Waals surface area contributed by atoms with Gasteiger partial charge in [-0.3, -0.25) is 9.59 Å². The average Bonchev–Trinajstić information content (AvgIpc) is 2.42. The predicted octanol–water partition coefficient (Wildman–Crippen LogP) is -0.497. The van der Waals surface area contributed by atoms with Crippen molar-refractivity contribution in [3.8, 4) is 0 Å². The lowest BCUT2D eigenvalue weighted by Crippen LogP contribution is -2.27. The van der Waals surface area contributed by atoms with Gasteiger partial charge in [0.2, 0.25) is 0 Å². The van der Waals surface area contributed by atoms with Gasteiger partial charge in [0.1, 0.15) is 0 Å². The number of benzene rings is 1. The number of rotatable bonds is 6. The van der Waals surface area contributed by atoms with Gasteiger partial charge in [0.25, 0.3) is 31.5 Å². The molecule has 4 nitrogen and oxygen atoms in total. The lowest BCUT2D eigenvalue weighted by molar-refractivity contribution is -0.138. The van der Waals surface area contributed by atoms with E-state index in [4.69, 9.17) is 8.85 Å². The fraction of sp³-hybridized carbons (Fsp3) is 0.429. The lowest BCUT2D eigenvalue weighted by Gasteiger charge is -2.09.